The van der Waals surface area contributed by atoms with E-state index in [4.69, 9.17) is 31.2 Å². The maximum atomic E-state index is 13.3. The highest BCUT2D eigenvalue weighted by atomic mass is 35.5. The molecular weight excluding hydrogens is 578 g/mol. The van der Waals surface area contributed by atoms with Gasteiger partial charge in [0.1, 0.15) is 17.3 Å². The number of carboxylic acid groups (broad SMARTS) is 1. The number of hydrogen-bond acceptors (Lipinski definition) is 6. The van der Waals surface area contributed by atoms with Crippen molar-refractivity contribution < 1.29 is 27.8 Å². The predicted molar refractivity (Wildman–Crippen MR) is 162 cm³/mol. The standard InChI is InChI=1S/C31H28ClN3O6S/c1-40-24-14-12-23(13-15-24)35-28-20-29(41-18-6-5-9-30(36)37)27(34-42(38,39)25-16-10-22(32)11-17-25)19-26(28)33-31(35)21-7-3-2-4-8-21/h2-4,7-8,10-17,19-20,34H,5-6,9,18H2,1H3,(H,36,37). The Morgan fingerprint density at radius 3 is 2.36 bits per heavy atom. The van der Waals surface area contributed by atoms with Crippen LogP contribution in [-0.2, 0) is 14.8 Å². The molecule has 0 aliphatic carbocycles. The minimum Gasteiger partial charge on any atom is -0.497 e. The summed E-state index contributed by atoms with van der Waals surface area (Å²) in [5.41, 5.74) is 3.11. The molecule has 0 unspecified atom stereocenters. The number of aliphatic carboxylic acids is 1. The molecule has 1 heterocycles. The minimum atomic E-state index is -4.00. The summed E-state index contributed by atoms with van der Waals surface area (Å²) < 4.78 is 42.6. The highest BCUT2D eigenvalue weighted by Gasteiger charge is 2.21. The van der Waals surface area contributed by atoms with Crippen molar-refractivity contribution in [1.29, 1.82) is 0 Å². The number of halogens is 1. The van der Waals surface area contributed by atoms with Crippen molar-refractivity contribution in [1.82, 2.24) is 9.55 Å². The van der Waals surface area contributed by atoms with Crippen LogP contribution in [0.1, 0.15) is 19.3 Å². The van der Waals surface area contributed by atoms with Crippen LogP contribution in [-0.4, -0.2) is 42.8 Å². The molecular formula is C31H28ClN3O6S. The number of sulfonamides is 1. The number of unbranched alkanes of at least 4 members (excludes halogenated alkanes) is 1. The van der Waals surface area contributed by atoms with E-state index in [2.05, 4.69) is 4.72 Å². The SMILES string of the molecule is COc1ccc(-n2c(-c3ccccc3)nc3cc(NS(=O)(=O)c4ccc(Cl)cc4)c(OCCCCC(=O)O)cc32)cc1. The number of carboxylic acids is 1. The summed E-state index contributed by atoms with van der Waals surface area (Å²) in [4.78, 5) is 15.9. The van der Waals surface area contributed by atoms with Gasteiger partial charge < -0.3 is 14.6 Å². The van der Waals surface area contributed by atoms with Crippen molar-refractivity contribution in [3.05, 3.63) is 96.0 Å². The molecule has 4 aromatic carbocycles. The molecule has 0 radical (unpaired) electrons. The molecule has 42 heavy (non-hydrogen) atoms. The highest BCUT2D eigenvalue weighted by molar-refractivity contribution is 7.92. The number of nitrogens with one attached hydrogen (secondary N) is 1. The largest absolute Gasteiger partial charge is 0.497 e. The van der Waals surface area contributed by atoms with E-state index in [9.17, 15) is 13.2 Å². The zero-order valence-electron chi connectivity index (χ0n) is 22.7. The number of rotatable bonds is 12. The number of ether oxygens (including phenoxy) is 2. The molecule has 0 aliphatic rings. The Morgan fingerprint density at radius 2 is 1.69 bits per heavy atom. The summed E-state index contributed by atoms with van der Waals surface area (Å²) in [7, 11) is -2.40. The van der Waals surface area contributed by atoms with E-state index in [1.165, 1.54) is 24.3 Å². The number of benzene rings is 4. The first-order valence-electron chi connectivity index (χ1n) is 13.1. The Bertz CT molecular complexity index is 1810. The smallest absolute Gasteiger partial charge is 0.303 e. The normalized spacial score (nSPS) is 11.4. The van der Waals surface area contributed by atoms with E-state index in [-0.39, 0.29) is 29.4 Å². The molecule has 0 fully saturated rings. The van der Waals surface area contributed by atoms with Crippen LogP contribution in [0.4, 0.5) is 5.69 Å². The third-order valence-electron chi connectivity index (χ3n) is 6.53. The molecule has 0 atom stereocenters. The summed E-state index contributed by atoms with van der Waals surface area (Å²) in [6.45, 7) is 0.191. The van der Waals surface area contributed by atoms with E-state index < -0.39 is 16.0 Å². The quantitative estimate of drug-likeness (QED) is 0.150. The van der Waals surface area contributed by atoms with Crippen LogP contribution in [0.3, 0.4) is 0 Å². The van der Waals surface area contributed by atoms with Crippen molar-refractivity contribution in [2.45, 2.75) is 24.2 Å². The van der Waals surface area contributed by atoms with Gasteiger partial charge in [0, 0.05) is 28.8 Å². The first-order valence-corrected chi connectivity index (χ1v) is 15.0. The van der Waals surface area contributed by atoms with Gasteiger partial charge in [-0.3, -0.25) is 14.1 Å². The first-order chi connectivity index (χ1) is 20.2. The summed E-state index contributed by atoms with van der Waals surface area (Å²) in [6, 6.07) is 26.4. The number of fused-ring (bicyclic) bond motifs is 1. The second-order valence-corrected chi connectivity index (χ2v) is 11.5. The molecule has 9 nitrogen and oxygen atoms in total. The van der Waals surface area contributed by atoms with Crippen molar-refractivity contribution in [2.24, 2.45) is 0 Å². The second-order valence-electron chi connectivity index (χ2n) is 9.43. The van der Waals surface area contributed by atoms with E-state index >= 15 is 0 Å². The maximum absolute atomic E-state index is 13.3. The third-order valence-corrected chi connectivity index (χ3v) is 8.16. The summed E-state index contributed by atoms with van der Waals surface area (Å²) >= 11 is 5.96. The van der Waals surface area contributed by atoms with Crippen LogP contribution in [0.2, 0.25) is 5.02 Å². The first kappa shape index (κ1) is 29.0. The number of hydrogen-bond donors (Lipinski definition) is 2. The van der Waals surface area contributed by atoms with E-state index in [0.717, 1.165) is 11.3 Å². The molecule has 0 amide bonds. The lowest BCUT2D eigenvalue weighted by atomic mass is 10.2. The summed E-state index contributed by atoms with van der Waals surface area (Å²) in [5, 5.41) is 9.39. The molecule has 216 valence electrons. The molecule has 0 saturated heterocycles. The lowest BCUT2D eigenvalue weighted by molar-refractivity contribution is -0.137. The second kappa shape index (κ2) is 12.5. The molecule has 0 aliphatic heterocycles. The molecule has 0 bridgehead atoms. The van der Waals surface area contributed by atoms with Crippen LogP contribution in [0.15, 0.2) is 95.9 Å². The van der Waals surface area contributed by atoms with E-state index in [1.54, 1.807) is 19.2 Å². The molecule has 2 N–H and O–H groups in total. The van der Waals surface area contributed by atoms with E-state index in [0.29, 0.717) is 40.5 Å². The van der Waals surface area contributed by atoms with Gasteiger partial charge >= 0.3 is 5.97 Å². The number of anilines is 1. The molecule has 5 rings (SSSR count). The van der Waals surface area contributed by atoms with Crippen molar-refractivity contribution in [3.63, 3.8) is 0 Å². The predicted octanol–water partition coefficient (Wildman–Crippen LogP) is 6.79. The third kappa shape index (κ3) is 6.50. The molecule has 0 spiro atoms. The van der Waals surface area contributed by atoms with Crippen LogP contribution >= 0.6 is 11.6 Å². The summed E-state index contributed by atoms with van der Waals surface area (Å²) in [6.07, 6.45) is 0.912. The van der Waals surface area contributed by atoms with Crippen molar-refractivity contribution >= 4 is 44.3 Å². The van der Waals surface area contributed by atoms with Gasteiger partial charge in [0.05, 0.1) is 35.3 Å². The molecule has 11 heteroatoms. The molecule has 5 aromatic rings. The van der Waals surface area contributed by atoms with Gasteiger partial charge in [0.2, 0.25) is 0 Å². The maximum Gasteiger partial charge on any atom is 0.303 e. The van der Waals surface area contributed by atoms with Gasteiger partial charge in [0.15, 0.2) is 0 Å². The Labute approximate surface area is 248 Å². The fourth-order valence-corrected chi connectivity index (χ4v) is 5.64. The van der Waals surface area contributed by atoms with Crippen LogP contribution in [0.5, 0.6) is 11.5 Å². The van der Waals surface area contributed by atoms with E-state index in [1.807, 2.05) is 59.2 Å². The van der Waals surface area contributed by atoms with Gasteiger partial charge in [0.25, 0.3) is 10.0 Å². The lowest BCUT2D eigenvalue weighted by Gasteiger charge is -2.15. The van der Waals surface area contributed by atoms with Crippen LogP contribution < -0.4 is 14.2 Å². The van der Waals surface area contributed by atoms with Crippen LogP contribution in [0, 0.1) is 0 Å². The fraction of sp³-hybridized carbons (Fsp3) is 0.161. The Kier molecular flexibility index (Phi) is 8.65. The lowest BCUT2D eigenvalue weighted by Crippen LogP contribution is -2.14. The van der Waals surface area contributed by atoms with Crippen molar-refractivity contribution in [2.75, 3.05) is 18.4 Å². The number of carbonyl (C=O) groups is 1. The van der Waals surface area contributed by atoms with Gasteiger partial charge in [-0.05, 0) is 67.4 Å². The topological polar surface area (TPSA) is 120 Å². The fourth-order valence-electron chi connectivity index (χ4n) is 4.46. The number of imidazole rings is 1. The molecule has 1 aromatic heterocycles. The summed E-state index contributed by atoms with van der Waals surface area (Å²) in [5.74, 6) is 0.754. The minimum absolute atomic E-state index is 0.0170. The van der Waals surface area contributed by atoms with Crippen molar-refractivity contribution in [3.8, 4) is 28.6 Å². The highest BCUT2D eigenvalue weighted by Crippen LogP contribution is 2.37. The average Bonchev–Trinajstić information content (AvgIpc) is 3.35. The van der Waals surface area contributed by atoms with Gasteiger partial charge in [-0.1, -0.05) is 41.9 Å². The van der Waals surface area contributed by atoms with Gasteiger partial charge in [-0.15, -0.1) is 0 Å². The zero-order chi connectivity index (χ0) is 29.7. The van der Waals surface area contributed by atoms with Crippen LogP contribution in [0.25, 0.3) is 28.1 Å². The number of nitrogens with zero attached hydrogens (tertiary/aromatic N) is 2. The van der Waals surface area contributed by atoms with Gasteiger partial charge in [-0.25, -0.2) is 13.4 Å². The number of methoxy groups -OCH3 is 1. The van der Waals surface area contributed by atoms with Gasteiger partial charge in [-0.2, -0.15) is 0 Å². The average molecular weight is 606 g/mol. The Morgan fingerprint density at radius 1 is 0.976 bits per heavy atom. The Hall–Kier alpha value is -4.54. The zero-order valence-corrected chi connectivity index (χ0v) is 24.2. The Balaban J connectivity index is 1.63. The monoisotopic (exact) mass is 605 g/mol. The number of aromatic nitrogens is 2. The molecule has 0 saturated carbocycles.